The molecule has 0 atom stereocenters. The quantitative estimate of drug-likeness (QED) is 0.436. The molecule has 0 bridgehead atoms. The Morgan fingerprint density at radius 3 is 2.20 bits per heavy atom. The number of aliphatic carboxylic acids is 1. The molecular weight excluding hydrogens is 188 g/mol. The van der Waals surface area contributed by atoms with Crippen molar-refractivity contribution in [3.8, 4) is 0 Å². The van der Waals surface area contributed by atoms with E-state index in [9.17, 15) is 4.79 Å². The Morgan fingerprint density at radius 1 is 1.00 bits per heavy atom. The van der Waals surface area contributed by atoms with Crippen LogP contribution in [0, 0.1) is 0 Å². The smallest absolute Gasteiger partial charge is 0.303 e. The number of carboxylic acid groups (broad SMARTS) is 1. The number of rotatable bonds is 10. The topological polar surface area (TPSA) is 37.3 Å². The second-order valence-corrected chi connectivity index (χ2v) is 3.96. The Bertz CT molecular complexity index is 173. The molecule has 2 heteroatoms. The molecule has 0 aliphatic heterocycles. The maximum Gasteiger partial charge on any atom is 0.303 e. The van der Waals surface area contributed by atoms with Crippen molar-refractivity contribution >= 4 is 5.97 Å². The zero-order chi connectivity index (χ0) is 11.4. The molecule has 0 aliphatic carbocycles. The van der Waals surface area contributed by atoms with Gasteiger partial charge in [-0.2, -0.15) is 0 Å². The maximum absolute atomic E-state index is 10.2. The summed E-state index contributed by atoms with van der Waals surface area (Å²) in [5.41, 5.74) is 0. The van der Waals surface area contributed by atoms with E-state index in [0.717, 1.165) is 19.3 Å². The molecule has 1 N–H and O–H groups in total. The van der Waals surface area contributed by atoms with Gasteiger partial charge in [-0.3, -0.25) is 4.79 Å². The summed E-state index contributed by atoms with van der Waals surface area (Å²) in [6.07, 6.45) is 14.0. The number of unbranched alkanes of at least 4 members (excludes halogenated alkanes) is 6. The van der Waals surface area contributed by atoms with Gasteiger partial charge in [-0.1, -0.05) is 44.8 Å². The fourth-order valence-corrected chi connectivity index (χ4v) is 1.47. The lowest BCUT2D eigenvalue weighted by Crippen LogP contribution is -1.92. The predicted octanol–water partition coefficient (Wildman–Crippen LogP) is 4.16. The molecule has 0 radical (unpaired) electrons. The molecule has 0 aromatic rings. The molecule has 0 spiro atoms. The number of carbonyl (C=O) groups is 1. The highest BCUT2D eigenvalue weighted by atomic mass is 16.4. The normalized spacial score (nSPS) is 11.0. The second-order valence-electron chi connectivity index (χ2n) is 3.96. The maximum atomic E-state index is 10.2. The lowest BCUT2D eigenvalue weighted by molar-refractivity contribution is -0.137. The van der Waals surface area contributed by atoms with Crippen LogP contribution < -0.4 is 0 Å². The SMILES string of the molecule is CCCCCCCC=CCCCC(=O)O. The second kappa shape index (κ2) is 11.3. The van der Waals surface area contributed by atoms with E-state index in [1.54, 1.807) is 0 Å². The minimum Gasteiger partial charge on any atom is -0.481 e. The summed E-state index contributed by atoms with van der Waals surface area (Å²) in [6, 6.07) is 0. The van der Waals surface area contributed by atoms with E-state index in [1.165, 1.54) is 32.1 Å². The summed E-state index contributed by atoms with van der Waals surface area (Å²) in [7, 11) is 0. The molecular formula is C13H24O2. The van der Waals surface area contributed by atoms with Gasteiger partial charge in [-0.25, -0.2) is 0 Å². The number of carboxylic acids is 1. The van der Waals surface area contributed by atoms with E-state index < -0.39 is 5.97 Å². The molecule has 0 aromatic heterocycles. The minimum absolute atomic E-state index is 0.292. The lowest BCUT2D eigenvalue weighted by atomic mass is 10.1. The Labute approximate surface area is 93.4 Å². The van der Waals surface area contributed by atoms with E-state index in [-0.39, 0.29) is 0 Å². The molecule has 0 aliphatic rings. The molecule has 15 heavy (non-hydrogen) atoms. The highest BCUT2D eigenvalue weighted by molar-refractivity contribution is 5.66. The van der Waals surface area contributed by atoms with Crippen LogP contribution in [0.2, 0.25) is 0 Å². The van der Waals surface area contributed by atoms with Crippen molar-refractivity contribution < 1.29 is 9.90 Å². The first-order valence-electron chi connectivity index (χ1n) is 6.14. The highest BCUT2D eigenvalue weighted by Gasteiger charge is 1.93. The number of hydrogen-bond donors (Lipinski definition) is 1. The molecule has 0 fully saturated rings. The fourth-order valence-electron chi connectivity index (χ4n) is 1.47. The third kappa shape index (κ3) is 13.2. The van der Waals surface area contributed by atoms with Gasteiger partial charge in [0, 0.05) is 6.42 Å². The van der Waals surface area contributed by atoms with E-state index >= 15 is 0 Å². The molecule has 0 heterocycles. The van der Waals surface area contributed by atoms with Gasteiger partial charge < -0.3 is 5.11 Å². The Kier molecular flexibility index (Phi) is 10.7. The zero-order valence-corrected chi connectivity index (χ0v) is 9.87. The summed E-state index contributed by atoms with van der Waals surface area (Å²) >= 11 is 0. The lowest BCUT2D eigenvalue weighted by Gasteiger charge is -1.96. The van der Waals surface area contributed by atoms with Gasteiger partial charge in [0.25, 0.3) is 0 Å². The van der Waals surface area contributed by atoms with E-state index in [4.69, 9.17) is 5.11 Å². The van der Waals surface area contributed by atoms with Crippen LogP contribution in [0.1, 0.15) is 64.7 Å². The predicted molar refractivity (Wildman–Crippen MR) is 64.0 cm³/mol. The molecule has 0 unspecified atom stereocenters. The summed E-state index contributed by atoms with van der Waals surface area (Å²) in [5, 5.41) is 8.41. The van der Waals surface area contributed by atoms with Crippen LogP contribution >= 0.6 is 0 Å². The molecule has 0 aromatic carbocycles. The van der Waals surface area contributed by atoms with Crippen molar-refractivity contribution in [1.82, 2.24) is 0 Å². The molecule has 0 saturated heterocycles. The first-order chi connectivity index (χ1) is 7.27. The van der Waals surface area contributed by atoms with E-state index in [1.807, 2.05) is 0 Å². The van der Waals surface area contributed by atoms with Crippen molar-refractivity contribution in [3.05, 3.63) is 12.2 Å². The van der Waals surface area contributed by atoms with Gasteiger partial charge in [0.05, 0.1) is 0 Å². The Morgan fingerprint density at radius 2 is 1.60 bits per heavy atom. The largest absolute Gasteiger partial charge is 0.481 e. The van der Waals surface area contributed by atoms with Crippen molar-refractivity contribution in [3.63, 3.8) is 0 Å². The first-order valence-corrected chi connectivity index (χ1v) is 6.14. The van der Waals surface area contributed by atoms with Crippen LogP contribution in [-0.4, -0.2) is 11.1 Å². The van der Waals surface area contributed by atoms with Gasteiger partial charge in [0.15, 0.2) is 0 Å². The van der Waals surface area contributed by atoms with Crippen molar-refractivity contribution in [2.75, 3.05) is 0 Å². The van der Waals surface area contributed by atoms with Gasteiger partial charge >= 0.3 is 5.97 Å². The monoisotopic (exact) mass is 212 g/mol. The highest BCUT2D eigenvalue weighted by Crippen LogP contribution is 2.06. The molecule has 0 saturated carbocycles. The van der Waals surface area contributed by atoms with Crippen LogP contribution in [0.3, 0.4) is 0 Å². The summed E-state index contributed by atoms with van der Waals surface area (Å²) < 4.78 is 0. The number of allylic oxidation sites excluding steroid dienone is 2. The van der Waals surface area contributed by atoms with E-state index in [0.29, 0.717) is 6.42 Å². The third-order valence-electron chi connectivity index (χ3n) is 2.40. The molecule has 88 valence electrons. The molecule has 0 rings (SSSR count). The summed E-state index contributed by atoms with van der Waals surface area (Å²) in [6.45, 7) is 2.22. The van der Waals surface area contributed by atoms with Gasteiger partial charge in [0.1, 0.15) is 0 Å². The van der Waals surface area contributed by atoms with Crippen molar-refractivity contribution in [1.29, 1.82) is 0 Å². The molecule has 0 amide bonds. The van der Waals surface area contributed by atoms with Crippen LogP contribution in [0.25, 0.3) is 0 Å². The van der Waals surface area contributed by atoms with Crippen molar-refractivity contribution in [2.24, 2.45) is 0 Å². The fraction of sp³-hybridized carbons (Fsp3) is 0.769. The van der Waals surface area contributed by atoms with Crippen LogP contribution in [0.5, 0.6) is 0 Å². The first kappa shape index (κ1) is 14.2. The third-order valence-corrected chi connectivity index (χ3v) is 2.40. The van der Waals surface area contributed by atoms with Crippen LogP contribution in [-0.2, 0) is 4.79 Å². The average molecular weight is 212 g/mol. The summed E-state index contributed by atoms with van der Waals surface area (Å²) in [5.74, 6) is -0.692. The van der Waals surface area contributed by atoms with Crippen LogP contribution in [0.4, 0.5) is 0 Å². The molecule has 2 nitrogen and oxygen atoms in total. The van der Waals surface area contributed by atoms with E-state index in [2.05, 4.69) is 19.1 Å². The summed E-state index contributed by atoms with van der Waals surface area (Å²) in [4.78, 5) is 10.2. The Hall–Kier alpha value is -0.790. The average Bonchev–Trinajstić information content (AvgIpc) is 2.20. The Balaban J connectivity index is 3.07. The van der Waals surface area contributed by atoms with Gasteiger partial charge in [-0.05, 0) is 25.7 Å². The van der Waals surface area contributed by atoms with Crippen LogP contribution in [0.15, 0.2) is 12.2 Å². The standard InChI is InChI=1S/C13H24O2/c1-2-3-4-5-6-7-8-9-10-11-12-13(14)15/h8-9H,2-7,10-12H2,1H3,(H,14,15). The minimum atomic E-state index is -0.692. The van der Waals surface area contributed by atoms with Crippen molar-refractivity contribution in [2.45, 2.75) is 64.7 Å². The van der Waals surface area contributed by atoms with Gasteiger partial charge in [-0.15, -0.1) is 0 Å². The zero-order valence-electron chi connectivity index (χ0n) is 9.87. The van der Waals surface area contributed by atoms with Gasteiger partial charge in [0.2, 0.25) is 0 Å². The number of hydrogen-bond acceptors (Lipinski definition) is 1.